The Morgan fingerprint density at radius 1 is 0.762 bits per heavy atom. The molecule has 0 unspecified atom stereocenters. The lowest BCUT2D eigenvalue weighted by Crippen LogP contribution is -1.79. The molecule has 120 valence electrons. The van der Waals surface area contributed by atoms with E-state index in [4.69, 9.17) is 0 Å². The fourth-order valence-corrected chi connectivity index (χ4v) is 1.46. The molecule has 0 aliphatic heterocycles. The van der Waals surface area contributed by atoms with Gasteiger partial charge in [0.05, 0.1) is 0 Å². The van der Waals surface area contributed by atoms with E-state index in [0.717, 1.165) is 12.3 Å². The van der Waals surface area contributed by atoms with Gasteiger partial charge in [-0.05, 0) is 28.7 Å². The highest BCUT2D eigenvalue weighted by molar-refractivity contribution is 5.82. The van der Waals surface area contributed by atoms with E-state index in [9.17, 15) is 0 Å². The lowest BCUT2D eigenvalue weighted by molar-refractivity contribution is 0.626. The predicted octanol–water partition coefficient (Wildman–Crippen LogP) is 7.51. The van der Waals surface area contributed by atoms with Gasteiger partial charge in [-0.25, -0.2) is 0 Å². The summed E-state index contributed by atoms with van der Waals surface area (Å²) >= 11 is 0. The quantitative estimate of drug-likeness (QED) is 0.536. The van der Waals surface area contributed by atoms with Crippen LogP contribution in [0.25, 0.3) is 10.8 Å². The highest BCUT2D eigenvalue weighted by atomic mass is 14.0. The third kappa shape index (κ3) is 10.1. The summed E-state index contributed by atoms with van der Waals surface area (Å²) in [5, 5.41) is 2.67. The van der Waals surface area contributed by atoms with Crippen LogP contribution in [0, 0.1) is 5.92 Å². The van der Waals surface area contributed by atoms with E-state index in [-0.39, 0.29) is 0 Å². The first kappa shape index (κ1) is 22.0. The van der Waals surface area contributed by atoms with Crippen LogP contribution in [0.1, 0.15) is 67.4 Å². The molecule has 0 radical (unpaired) electrons. The van der Waals surface area contributed by atoms with Crippen molar-refractivity contribution in [2.75, 3.05) is 0 Å². The van der Waals surface area contributed by atoms with Crippen molar-refractivity contribution in [3.05, 3.63) is 48.0 Å². The molecule has 0 bridgehead atoms. The van der Waals surface area contributed by atoms with E-state index in [1.165, 1.54) is 22.8 Å². The first-order valence-electron chi connectivity index (χ1n) is 8.65. The maximum absolute atomic E-state index is 2.26. The molecular weight excluding hydrogens is 252 g/mol. The van der Waals surface area contributed by atoms with Crippen molar-refractivity contribution in [1.82, 2.24) is 0 Å². The Bertz CT molecular complexity index is 440. The first-order valence-corrected chi connectivity index (χ1v) is 8.65. The van der Waals surface area contributed by atoms with E-state index in [2.05, 4.69) is 70.2 Å². The molecule has 0 heterocycles. The number of aryl methyl sites for hydroxylation is 1. The molecule has 0 N–H and O–H groups in total. The molecule has 2 aromatic rings. The standard InChI is InChI=1S/C12H12.C5H12.2C2H6/c1-2-10-7-8-11-5-3-4-6-12(11)9-10;1-4-5(2)3;2*1-2/h3-9H,2H2,1H3;5H,4H2,1-3H3;2*1-2H3. The topological polar surface area (TPSA) is 0 Å². The molecule has 2 aromatic carbocycles. The summed E-state index contributed by atoms with van der Waals surface area (Å²) in [5.41, 5.74) is 1.41. The van der Waals surface area contributed by atoms with Crippen LogP contribution in [0.3, 0.4) is 0 Å². The monoisotopic (exact) mass is 288 g/mol. The maximum atomic E-state index is 2.26. The lowest BCUT2D eigenvalue weighted by atomic mass is 10.1. The van der Waals surface area contributed by atoms with Crippen molar-refractivity contribution in [2.45, 2.75) is 68.2 Å². The molecule has 0 fully saturated rings. The highest BCUT2D eigenvalue weighted by Gasteiger charge is 1.92. The predicted molar refractivity (Wildman–Crippen MR) is 101 cm³/mol. The van der Waals surface area contributed by atoms with Gasteiger partial charge >= 0.3 is 0 Å². The number of rotatable bonds is 2. The van der Waals surface area contributed by atoms with Crippen LogP contribution in [-0.2, 0) is 6.42 Å². The summed E-state index contributed by atoms with van der Waals surface area (Å²) in [6.45, 7) is 16.8. The van der Waals surface area contributed by atoms with Gasteiger partial charge in [-0.15, -0.1) is 0 Å². The van der Waals surface area contributed by atoms with Gasteiger partial charge in [0.1, 0.15) is 0 Å². The van der Waals surface area contributed by atoms with Crippen molar-refractivity contribution in [2.24, 2.45) is 5.92 Å². The smallest absolute Gasteiger partial charge is 0.0181 e. The summed E-state index contributed by atoms with van der Waals surface area (Å²) in [7, 11) is 0. The van der Waals surface area contributed by atoms with Crippen molar-refractivity contribution >= 4 is 10.8 Å². The average Bonchev–Trinajstić information content (AvgIpc) is 2.58. The van der Waals surface area contributed by atoms with E-state index >= 15 is 0 Å². The molecule has 0 aliphatic rings. The molecule has 0 nitrogen and oxygen atoms in total. The van der Waals surface area contributed by atoms with Gasteiger partial charge in [0, 0.05) is 0 Å². The van der Waals surface area contributed by atoms with Crippen LogP contribution in [-0.4, -0.2) is 0 Å². The fourth-order valence-electron chi connectivity index (χ4n) is 1.46. The van der Waals surface area contributed by atoms with Crippen LogP contribution < -0.4 is 0 Å². The van der Waals surface area contributed by atoms with E-state index in [1.54, 1.807) is 0 Å². The van der Waals surface area contributed by atoms with Crippen LogP contribution >= 0.6 is 0 Å². The van der Waals surface area contributed by atoms with Crippen molar-refractivity contribution < 1.29 is 0 Å². The Hall–Kier alpha value is -1.30. The van der Waals surface area contributed by atoms with Crippen molar-refractivity contribution in [3.8, 4) is 0 Å². The molecular formula is C21H36. The SMILES string of the molecule is CC.CC.CCC(C)C.CCc1ccc2ccccc2c1. The number of hydrogen-bond donors (Lipinski definition) is 0. The lowest BCUT2D eigenvalue weighted by Gasteiger charge is -1.99. The molecule has 2 rings (SSSR count). The fraction of sp³-hybridized carbons (Fsp3) is 0.524. The summed E-state index contributed by atoms with van der Waals surface area (Å²) < 4.78 is 0. The van der Waals surface area contributed by atoms with Gasteiger partial charge in [-0.1, -0.05) is 104 Å². The van der Waals surface area contributed by atoms with Crippen LogP contribution in [0.2, 0.25) is 0 Å². The molecule has 0 spiro atoms. The molecule has 0 saturated heterocycles. The molecule has 21 heavy (non-hydrogen) atoms. The summed E-state index contributed by atoms with van der Waals surface area (Å²) in [6, 6.07) is 15.1. The molecule has 0 aliphatic carbocycles. The third-order valence-corrected chi connectivity index (χ3v) is 3.04. The van der Waals surface area contributed by atoms with Crippen molar-refractivity contribution in [1.29, 1.82) is 0 Å². The van der Waals surface area contributed by atoms with Crippen molar-refractivity contribution in [3.63, 3.8) is 0 Å². The van der Waals surface area contributed by atoms with E-state index in [0.29, 0.717) is 0 Å². The minimum Gasteiger partial charge on any atom is -0.0683 e. The Labute approximate surface area is 133 Å². The Morgan fingerprint density at radius 2 is 1.24 bits per heavy atom. The summed E-state index contributed by atoms with van der Waals surface area (Å²) in [5.74, 6) is 0.884. The third-order valence-electron chi connectivity index (χ3n) is 3.04. The Balaban J connectivity index is 0. The minimum absolute atomic E-state index is 0.884. The van der Waals surface area contributed by atoms with Gasteiger partial charge in [-0.3, -0.25) is 0 Å². The Kier molecular flexibility index (Phi) is 15.8. The molecule has 0 atom stereocenters. The zero-order valence-corrected chi connectivity index (χ0v) is 15.5. The van der Waals surface area contributed by atoms with Crippen LogP contribution in [0.5, 0.6) is 0 Å². The molecule has 0 amide bonds. The van der Waals surface area contributed by atoms with E-state index < -0.39 is 0 Å². The minimum atomic E-state index is 0.884. The number of benzene rings is 2. The second kappa shape index (κ2) is 15.1. The Morgan fingerprint density at radius 3 is 1.67 bits per heavy atom. The summed E-state index contributed by atoms with van der Waals surface area (Å²) in [6.07, 6.45) is 2.42. The van der Waals surface area contributed by atoms with Gasteiger partial charge < -0.3 is 0 Å². The average molecular weight is 289 g/mol. The summed E-state index contributed by atoms with van der Waals surface area (Å²) in [4.78, 5) is 0. The first-order chi connectivity index (χ1) is 10.2. The molecule has 0 aromatic heterocycles. The highest BCUT2D eigenvalue weighted by Crippen LogP contribution is 2.15. The van der Waals surface area contributed by atoms with E-state index in [1.807, 2.05) is 27.7 Å². The zero-order valence-electron chi connectivity index (χ0n) is 15.5. The van der Waals surface area contributed by atoms with Gasteiger partial charge in [0.2, 0.25) is 0 Å². The van der Waals surface area contributed by atoms with Gasteiger partial charge in [0.15, 0.2) is 0 Å². The normalized spacial score (nSPS) is 8.81. The van der Waals surface area contributed by atoms with Gasteiger partial charge in [0.25, 0.3) is 0 Å². The maximum Gasteiger partial charge on any atom is -0.0181 e. The van der Waals surface area contributed by atoms with Gasteiger partial charge in [-0.2, -0.15) is 0 Å². The largest absolute Gasteiger partial charge is 0.0683 e. The molecule has 0 saturated carbocycles. The zero-order chi connectivity index (χ0) is 16.7. The molecule has 0 heteroatoms. The van der Waals surface area contributed by atoms with Crippen LogP contribution in [0.4, 0.5) is 0 Å². The number of fused-ring (bicyclic) bond motifs is 1. The number of hydrogen-bond acceptors (Lipinski definition) is 0. The van der Waals surface area contributed by atoms with Crippen LogP contribution in [0.15, 0.2) is 42.5 Å². The second-order valence-corrected chi connectivity index (χ2v) is 4.84. The second-order valence-electron chi connectivity index (χ2n) is 4.84.